The van der Waals surface area contributed by atoms with E-state index in [9.17, 15) is 24.0 Å². The number of nitrogens with zero attached hydrogens (tertiary/aromatic N) is 1. The highest BCUT2D eigenvalue weighted by Gasteiger charge is 2.70. The Hall–Kier alpha value is -3.41. The van der Waals surface area contributed by atoms with Crippen molar-refractivity contribution in [3.8, 4) is 0 Å². The number of aromatic nitrogens is 1. The Balaban J connectivity index is 1.14. The number of imide groups is 1. The average Bonchev–Trinajstić information content (AvgIpc) is 3.72. The Labute approximate surface area is 260 Å². The molecule has 2 N–H and O–H groups in total. The van der Waals surface area contributed by atoms with E-state index >= 15 is 0 Å². The Kier molecular flexibility index (Phi) is 7.02. The highest BCUT2D eigenvalue weighted by Crippen LogP contribution is 2.68. The molecule has 222 valence electrons. The number of amides is 3. The van der Waals surface area contributed by atoms with Gasteiger partial charge in [-0.2, -0.15) is 0 Å². The molecule has 2 aliphatic carbocycles. The summed E-state index contributed by atoms with van der Waals surface area (Å²) in [5.74, 6) is -2.62. The molecule has 2 saturated carbocycles. The van der Waals surface area contributed by atoms with Crippen LogP contribution in [0.1, 0.15) is 47.0 Å². The summed E-state index contributed by atoms with van der Waals surface area (Å²) in [4.78, 5) is 70.5. The molecule has 2 aliphatic heterocycles. The lowest BCUT2D eigenvalue weighted by molar-refractivity contribution is -0.146. The van der Waals surface area contributed by atoms with Gasteiger partial charge in [-0.1, -0.05) is 35.1 Å². The molecule has 1 aromatic heterocycles. The molecular weight excluding hydrogens is 610 g/mol. The van der Waals surface area contributed by atoms with Gasteiger partial charge in [-0.3, -0.25) is 24.1 Å². The molecule has 2 aromatic carbocycles. The maximum absolute atomic E-state index is 14.0. The number of hydrogen-bond acceptors (Lipinski definition) is 8. The molecule has 2 bridgehead atoms. The number of halogens is 1. The molecule has 12 heteroatoms. The van der Waals surface area contributed by atoms with Crippen molar-refractivity contribution in [1.29, 1.82) is 0 Å². The van der Waals surface area contributed by atoms with Crippen LogP contribution in [-0.2, 0) is 19.1 Å². The van der Waals surface area contributed by atoms with Crippen molar-refractivity contribution in [2.24, 2.45) is 29.6 Å². The number of H-pyrrole nitrogens is 1. The Morgan fingerprint density at radius 1 is 1.05 bits per heavy atom. The third kappa shape index (κ3) is 4.46. The predicted molar refractivity (Wildman–Crippen MR) is 162 cm³/mol. The fourth-order valence-corrected chi connectivity index (χ4v) is 10.7. The van der Waals surface area contributed by atoms with Crippen LogP contribution in [0.25, 0.3) is 0 Å². The molecule has 3 fully saturated rings. The van der Waals surface area contributed by atoms with Crippen molar-refractivity contribution < 1.29 is 23.9 Å². The summed E-state index contributed by atoms with van der Waals surface area (Å²) in [5, 5.41) is 4.30. The molecule has 9 nitrogen and oxygen atoms in total. The van der Waals surface area contributed by atoms with Crippen LogP contribution in [0.3, 0.4) is 0 Å². The molecule has 0 spiro atoms. The van der Waals surface area contributed by atoms with Crippen LogP contribution < -0.4 is 10.2 Å². The first-order valence-electron chi connectivity index (χ1n) is 14.3. The summed E-state index contributed by atoms with van der Waals surface area (Å²) in [5.41, 5.74) is 1.84. The van der Waals surface area contributed by atoms with E-state index in [1.165, 1.54) is 11.3 Å². The number of nitrogens with one attached hydrogen (secondary N) is 2. The standard InChI is InChI=1S/C31H28ClN3O6S2/c1-3-41-30(39)15-6-10-17(11-7-15)33-26(36)13(2)35-28(37)22-18-12-19(23(22)29(35)38)24-21(18)20(14-4-8-16(32)9-5-14)25-27(42-24)34-31(40)43-25/h4-11,13,18-24H,3,12H2,1-2H3,(H,33,36)(H,34,40). The number of thiazole rings is 1. The fourth-order valence-electron chi connectivity index (χ4n) is 7.73. The predicted octanol–water partition coefficient (Wildman–Crippen LogP) is 4.77. The fraction of sp³-hybridized carbons (Fsp3) is 0.387. The molecule has 8 atom stereocenters. The van der Waals surface area contributed by atoms with E-state index in [0.29, 0.717) is 16.3 Å². The van der Waals surface area contributed by atoms with Crippen molar-refractivity contribution >= 4 is 64.1 Å². The highest BCUT2D eigenvalue weighted by molar-refractivity contribution is 8.00. The maximum atomic E-state index is 14.0. The third-order valence-electron chi connectivity index (χ3n) is 9.42. The second-order valence-electron chi connectivity index (χ2n) is 11.5. The van der Waals surface area contributed by atoms with Gasteiger partial charge in [-0.05, 0) is 80.0 Å². The van der Waals surface area contributed by atoms with Crippen molar-refractivity contribution in [3.63, 3.8) is 0 Å². The number of rotatable bonds is 6. The number of anilines is 1. The second-order valence-corrected chi connectivity index (χ2v) is 14.2. The van der Waals surface area contributed by atoms with Crippen LogP contribution in [0.15, 0.2) is 58.4 Å². The number of benzene rings is 2. The van der Waals surface area contributed by atoms with Gasteiger partial charge in [0.2, 0.25) is 17.7 Å². The lowest BCUT2D eigenvalue weighted by Crippen LogP contribution is -2.46. The van der Waals surface area contributed by atoms with Gasteiger partial charge in [0.1, 0.15) is 6.04 Å². The lowest BCUT2D eigenvalue weighted by Gasteiger charge is -2.43. The number of esters is 1. The topological polar surface area (TPSA) is 126 Å². The van der Waals surface area contributed by atoms with Crippen molar-refractivity contribution in [2.75, 3.05) is 11.9 Å². The second kappa shape index (κ2) is 10.6. The van der Waals surface area contributed by atoms with Gasteiger partial charge in [0.05, 0.1) is 29.0 Å². The number of likely N-dealkylation sites (tertiary alicyclic amines) is 1. The molecule has 1 saturated heterocycles. The summed E-state index contributed by atoms with van der Waals surface area (Å²) < 4.78 is 5.00. The monoisotopic (exact) mass is 637 g/mol. The number of hydrogen-bond donors (Lipinski definition) is 2. The summed E-state index contributed by atoms with van der Waals surface area (Å²) in [7, 11) is 0. The SMILES string of the molecule is CCOC(=O)c1ccc(NC(=O)C(C)N2C(=O)C3C4CC(C3C2=O)C2C(c3ccc(Cl)cc3)c3sc(=O)[nH]c3SC42)cc1. The van der Waals surface area contributed by atoms with Crippen LogP contribution in [0.4, 0.5) is 5.69 Å². The third-order valence-corrected chi connectivity index (χ3v) is 12.3. The Morgan fingerprint density at radius 3 is 2.40 bits per heavy atom. The van der Waals surface area contributed by atoms with Gasteiger partial charge >= 0.3 is 10.8 Å². The molecule has 7 rings (SSSR count). The maximum Gasteiger partial charge on any atom is 0.338 e. The van der Waals surface area contributed by atoms with Crippen LogP contribution in [0.2, 0.25) is 5.02 Å². The Morgan fingerprint density at radius 2 is 1.72 bits per heavy atom. The Bertz CT molecular complexity index is 1700. The van der Waals surface area contributed by atoms with Gasteiger partial charge in [0.25, 0.3) is 0 Å². The number of aromatic amines is 1. The van der Waals surface area contributed by atoms with Crippen LogP contribution in [-0.4, -0.2) is 51.5 Å². The number of ether oxygens (including phenoxy) is 1. The minimum atomic E-state index is -1.01. The first-order chi connectivity index (χ1) is 20.7. The van der Waals surface area contributed by atoms with E-state index in [1.54, 1.807) is 49.9 Å². The average molecular weight is 638 g/mol. The van der Waals surface area contributed by atoms with Gasteiger partial charge in [-0.15, -0.1) is 11.8 Å². The number of carbonyl (C=O) groups excluding carboxylic acids is 4. The van der Waals surface area contributed by atoms with Crippen molar-refractivity contribution in [3.05, 3.63) is 79.2 Å². The molecular formula is C31H28ClN3O6S2. The molecule has 3 amide bonds. The quantitative estimate of drug-likeness (QED) is 0.295. The molecule has 3 heterocycles. The van der Waals surface area contributed by atoms with E-state index in [4.69, 9.17) is 16.3 Å². The largest absolute Gasteiger partial charge is 0.462 e. The van der Waals surface area contributed by atoms with Gasteiger partial charge in [0, 0.05) is 26.8 Å². The van der Waals surface area contributed by atoms with E-state index in [-0.39, 0.29) is 52.2 Å². The van der Waals surface area contributed by atoms with E-state index < -0.39 is 29.8 Å². The molecule has 0 radical (unpaired) electrons. The van der Waals surface area contributed by atoms with Crippen LogP contribution in [0.5, 0.6) is 0 Å². The minimum absolute atomic E-state index is 0.0384. The molecule has 4 aliphatic rings. The molecule has 43 heavy (non-hydrogen) atoms. The van der Waals surface area contributed by atoms with E-state index in [2.05, 4.69) is 10.3 Å². The first kappa shape index (κ1) is 28.4. The zero-order chi connectivity index (χ0) is 30.2. The summed E-state index contributed by atoms with van der Waals surface area (Å²) in [6.07, 6.45) is 0.764. The normalized spacial score (nSPS) is 29.2. The number of carbonyl (C=O) groups is 4. The highest BCUT2D eigenvalue weighted by atomic mass is 35.5. The molecule has 3 aromatic rings. The number of fused-ring (bicyclic) bond motifs is 9. The van der Waals surface area contributed by atoms with E-state index in [1.807, 2.05) is 24.3 Å². The zero-order valence-electron chi connectivity index (χ0n) is 23.2. The van der Waals surface area contributed by atoms with Crippen LogP contribution in [0, 0.1) is 29.6 Å². The lowest BCUT2D eigenvalue weighted by atomic mass is 9.68. The smallest absolute Gasteiger partial charge is 0.338 e. The summed E-state index contributed by atoms with van der Waals surface area (Å²) >= 11 is 9.03. The van der Waals surface area contributed by atoms with Gasteiger partial charge in [-0.25, -0.2) is 4.79 Å². The summed E-state index contributed by atoms with van der Waals surface area (Å²) in [6.45, 7) is 3.55. The summed E-state index contributed by atoms with van der Waals surface area (Å²) in [6, 6.07) is 12.9. The van der Waals surface area contributed by atoms with Crippen molar-refractivity contribution in [2.45, 2.75) is 42.5 Å². The minimum Gasteiger partial charge on any atom is -0.462 e. The zero-order valence-corrected chi connectivity index (χ0v) is 25.6. The first-order valence-corrected chi connectivity index (χ1v) is 16.4. The number of thioether (sulfide) groups is 1. The van der Waals surface area contributed by atoms with Crippen LogP contribution >= 0.6 is 34.7 Å². The van der Waals surface area contributed by atoms with E-state index in [0.717, 1.165) is 26.8 Å². The molecule has 8 unspecified atom stereocenters. The van der Waals surface area contributed by atoms with Gasteiger partial charge < -0.3 is 15.0 Å². The van der Waals surface area contributed by atoms with Crippen molar-refractivity contribution in [1.82, 2.24) is 9.88 Å². The van der Waals surface area contributed by atoms with Gasteiger partial charge in [0.15, 0.2) is 0 Å².